The second kappa shape index (κ2) is 6.27. The SMILES string of the molecule is CC(C)(C)OC(=O)N1CC(COCc2ccccc2)C1. The molecule has 4 nitrogen and oxygen atoms in total. The van der Waals surface area contributed by atoms with Crippen molar-refractivity contribution in [1.82, 2.24) is 4.90 Å². The Morgan fingerprint density at radius 1 is 1.25 bits per heavy atom. The molecule has 1 aliphatic rings. The predicted molar refractivity (Wildman–Crippen MR) is 77.4 cm³/mol. The van der Waals surface area contributed by atoms with Crippen LogP contribution >= 0.6 is 0 Å². The van der Waals surface area contributed by atoms with E-state index in [2.05, 4.69) is 0 Å². The van der Waals surface area contributed by atoms with Crippen LogP contribution in [0.1, 0.15) is 26.3 Å². The van der Waals surface area contributed by atoms with Crippen LogP contribution in [0.5, 0.6) is 0 Å². The highest BCUT2D eigenvalue weighted by atomic mass is 16.6. The van der Waals surface area contributed by atoms with E-state index in [9.17, 15) is 4.79 Å². The van der Waals surface area contributed by atoms with Gasteiger partial charge < -0.3 is 14.4 Å². The maximum Gasteiger partial charge on any atom is 0.410 e. The molecule has 0 aliphatic carbocycles. The van der Waals surface area contributed by atoms with Gasteiger partial charge in [0.25, 0.3) is 0 Å². The molecule has 1 aromatic rings. The lowest BCUT2D eigenvalue weighted by Gasteiger charge is -2.39. The topological polar surface area (TPSA) is 38.8 Å². The summed E-state index contributed by atoms with van der Waals surface area (Å²) in [6.07, 6.45) is -0.225. The van der Waals surface area contributed by atoms with Crippen LogP contribution < -0.4 is 0 Å². The lowest BCUT2D eigenvalue weighted by atomic mass is 10.0. The summed E-state index contributed by atoms with van der Waals surface area (Å²) >= 11 is 0. The normalized spacial score (nSPS) is 15.8. The van der Waals surface area contributed by atoms with Gasteiger partial charge in [-0.2, -0.15) is 0 Å². The Kier molecular flexibility index (Phi) is 4.65. The van der Waals surface area contributed by atoms with E-state index in [1.165, 1.54) is 5.56 Å². The van der Waals surface area contributed by atoms with Gasteiger partial charge in [-0.3, -0.25) is 0 Å². The highest BCUT2D eigenvalue weighted by molar-refractivity contribution is 5.69. The Labute approximate surface area is 120 Å². The summed E-state index contributed by atoms with van der Waals surface area (Å²) < 4.78 is 11.0. The summed E-state index contributed by atoms with van der Waals surface area (Å²) in [7, 11) is 0. The lowest BCUT2D eigenvalue weighted by molar-refractivity contribution is -0.0227. The molecule has 4 heteroatoms. The summed E-state index contributed by atoms with van der Waals surface area (Å²) in [5.41, 5.74) is 0.752. The molecule has 0 saturated carbocycles. The van der Waals surface area contributed by atoms with Gasteiger partial charge in [0, 0.05) is 19.0 Å². The van der Waals surface area contributed by atoms with Gasteiger partial charge in [0.1, 0.15) is 5.60 Å². The van der Waals surface area contributed by atoms with Crippen LogP contribution in [-0.2, 0) is 16.1 Å². The van der Waals surface area contributed by atoms with E-state index >= 15 is 0 Å². The van der Waals surface area contributed by atoms with Gasteiger partial charge in [0.05, 0.1) is 13.2 Å². The second-order valence-electron chi connectivity index (χ2n) is 6.25. The minimum Gasteiger partial charge on any atom is -0.444 e. The Morgan fingerprint density at radius 3 is 2.50 bits per heavy atom. The fraction of sp³-hybridized carbons (Fsp3) is 0.562. The minimum absolute atomic E-state index is 0.225. The third-order valence-electron chi connectivity index (χ3n) is 3.07. The van der Waals surface area contributed by atoms with Crippen molar-refractivity contribution in [3.8, 4) is 0 Å². The summed E-state index contributed by atoms with van der Waals surface area (Å²) in [5.74, 6) is 0.422. The zero-order valence-corrected chi connectivity index (χ0v) is 12.5. The van der Waals surface area contributed by atoms with Gasteiger partial charge in [-0.05, 0) is 26.3 Å². The van der Waals surface area contributed by atoms with Crippen molar-refractivity contribution >= 4 is 6.09 Å². The largest absolute Gasteiger partial charge is 0.444 e. The molecule has 20 heavy (non-hydrogen) atoms. The number of likely N-dealkylation sites (tertiary alicyclic amines) is 1. The first-order valence-corrected chi connectivity index (χ1v) is 7.03. The molecule has 0 radical (unpaired) electrons. The van der Waals surface area contributed by atoms with E-state index in [-0.39, 0.29) is 6.09 Å². The minimum atomic E-state index is -0.425. The van der Waals surface area contributed by atoms with E-state index in [1.54, 1.807) is 4.90 Å². The van der Waals surface area contributed by atoms with Crippen LogP contribution in [0.3, 0.4) is 0 Å². The highest BCUT2D eigenvalue weighted by Gasteiger charge is 2.33. The van der Waals surface area contributed by atoms with Crippen molar-refractivity contribution in [2.45, 2.75) is 33.0 Å². The monoisotopic (exact) mass is 277 g/mol. The second-order valence-corrected chi connectivity index (χ2v) is 6.25. The van der Waals surface area contributed by atoms with Crippen molar-refractivity contribution < 1.29 is 14.3 Å². The average molecular weight is 277 g/mol. The zero-order valence-electron chi connectivity index (χ0n) is 12.5. The molecule has 1 saturated heterocycles. The lowest BCUT2D eigenvalue weighted by Crippen LogP contribution is -2.53. The summed E-state index contributed by atoms with van der Waals surface area (Å²) in [6.45, 7) is 8.41. The smallest absolute Gasteiger partial charge is 0.410 e. The zero-order chi connectivity index (χ0) is 14.6. The first-order chi connectivity index (χ1) is 9.44. The van der Waals surface area contributed by atoms with E-state index < -0.39 is 5.60 Å². The van der Waals surface area contributed by atoms with Gasteiger partial charge >= 0.3 is 6.09 Å². The van der Waals surface area contributed by atoms with E-state index in [0.29, 0.717) is 19.1 Å². The Morgan fingerprint density at radius 2 is 1.90 bits per heavy atom. The number of nitrogens with zero attached hydrogens (tertiary/aromatic N) is 1. The molecular weight excluding hydrogens is 254 g/mol. The van der Waals surface area contributed by atoms with Crippen molar-refractivity contribution in [3.63, 3.8) is 0 Å². The first-order valence-electron chi connectivity index (χ1n) is 7.03. The van der Waals surface area contributed by atoms with Crippen LogP contribution in [0.25, 0.3) is 0 Å². The van der Waals surface area contributed by atoms with Crippen LogP contribution in [0.2, 0.25) is 0 Å². The van der Waals surface area contributed by atoms with Crippen molar-refractivity contribution in [2.75, 3.05) is 19.7 Å². The fourth-order valence-corrected chi connectivity index (χ4v) is 2.07. The van der Waals surface area contributed by atoms with Gasteiger partial charge in [-0.15, -0.1) is 0 Å². The van der Waals surface area contributed by atoms with Crippen LogP contribution in [0.4, 0.5) is 4.79 Å². The molecule has 0 N–H and O–H groups in total. The Bertz CT molecular complexity index is 433. The molecule has 1 fully saturated rings. The number of hydrogen-bond donors (Lipinski definition) is 0. The van der Waals surface area contributed by atoms with Crippen LogP contribution in [0.15, 0.2) is 30.3 Å². The molecular formula is C16H23NO3. The van der Waals surface area contributed by atoms with Gasteiger partial charge in [-0.25, -0.2) is 4.79 Å². The average Bonchev–Trinajstić information content (AvgIpc) is 2.31. The van der Waals surface area contributed by atoms with Gasteiger partial charge in [0.15, 0.2) is 0 Å². The summed E-state index contributed by atoms with van der Waals surface area (Å²) in [4.78, 5) is 13.5. The quantitative estimate of drug-likeness (QED) is 0.849. The Hall–Kier alpha value is -1.55. The molecule has 0 aromatic heterocycles. The molecule has 2 rings (SSSR count). The molecule has 1 heterocycles. The number of rotatable bonds is 4. The number of carbonyl (C=O) groups is 1. The number of amides is 1. The molecule has 110 valence electrons. The molecule has 0 atom stereocenters. The molecule has 0 unspecified atom stereocenters. The number of ether oxygens (including phenoxy) is 2. The van der Waals surface area contributed by atoms with E-state index in [1.807, 2.05) is 51.1 Å². The third-order valence-corrected chi connectivity index (χ3v) is 3.07. The van der Waals surface area contributed by atoms with E-state index in [0.717, 1.165) is 13.1 Å². The fourth-order valence-electron chi connectivity index (χ4n) is 2.07. The third kappa shape index (κ3) is 4.53. The van der Waals surface area contributed by atoms with Crippen LogP contribution in [0, 0.1) is 5.92 Å². The summed E-state index contributed by atoms with van der Waals surface area (Å²) in [5, 5.41) is 0. The van der Waals surface area contributed by atoms with Crippen molar-refractivity contribution in [1.29, 1.82) is 0 Å². The maximum absolute atomic E-state index is 11.7. The molecule has 1 aliphatic heterocycles. The standard InChI is InChI=1S/C16H23NO3/c1-16(2,3)20-15(18)17-9-14(10-17)12-19-11-13-7-5-4-6-8-13/h4-8,14H,9-12H2,1-3H3. The van der Waals surface area contributed by atoms with Crippen LogP contribution in [-0.4, -0.2) is 36.3 Å². The van der Waals surface area contributed by atoms with Crippen molar-refractivity contribution in [3.05, 3.63) is 35.9 Å². The van der Waals surface area contributed by atoms with Gasteiger partial charge in [-0.1, -0.05) is 30.3 Å². The molecule has 0 spiro atoms. The number of carbonyl (C=O) groups excluding carboxylic acids is 1. The predicted octanol–water partition coefficient (Wildman–Crippen LogP) is 3.07. The maximum atomic E-state index is 11.7. The van der Waals surface area contributed by atoms with E-state index in [4.69, 9.17) is 9.47 Å². The number of hydrogen-bond acceptors (Lipinski definition) is 3. The molecule has 1 amide bonds. The highest BCUT2D eigenvalue weighted by Crippen LogP contribution is 2.20. The molecule has 0 bridgehead atoms. The summed E-state index contributed by atoms with van der Waals surface area (Å²) in [6, 6.07) is 10.1. The first kappa shape index (κ1) is 14.9. The Balaban J connectivity index is 1.61. The van der Waals surface area contributed by atoms with Gasteiger partial charge in [0.2, 0.25) is 0 Å². The van der Waals surface area contributed by atoms with Crippen molar-refractivity contribution in [2.24, 2.45) is 5.92 Å². The number of benzene rings is 1. The molecule has 1 aromatic carbocycles.